The fourth-order valence-corrected chi connectivity index (χ4v) is 4.04. The number of methoxy groups -OCH3 is 1. The summed E-state index contributed by atoms with van der Waals surface area (Å²) in [6.07, 6.45) is 6.13. The topological polar surface area (TPSA) is 40.2 Å². The van der Waals surface area contributed by atoms with Crippen molar-refractivity contribution in [2.24, 2.45) is 16.6 Å². The molecule has 1 heterocycles. The van der Waals surface area contributed by atoms with Gasteiger partial charge in [0, 0.05) is 37.7 Å². The Morgan fingerprint density at radius 1 is 1.38 bits per heavy atom. The maximum Gasteiger partial charge on any atom is 0.0468 e. The summed E-state index contributed by atoms with van der Waals surface area (Å²) >= 11 is 0. The normalized spacial score (nSPS) is 25.7. The molecule has 0 bridgehead atoms. The summed E-state index contributed by atoms with van der Waals surface area (Å²) < 4.78 is 7.87. The summed E-state index contributed by atoms with van der Waals surface area (Å²) in [7, 11) is 1.81. The average Bonchev–Trinajstić information content (AvgIpc) is 3.09. The third-order valence-electron chi connectivity index (χ3n) is 5.55. The van der Waals surface area contributed by atoms with E-state index in [0.717, 1.165) is 26.0 Å². The van der Waals surface area contributed by atoms with Gasteiger partial charge in [-0.05, 0) is 61.5 Å². The first kappa shape index (κ1) is 15.1. The van der Waals surface area contributed by atoms with Crippen molar-refractivity contribution in [3.8, 4) is 0 Å². The number of fused-ring (bicyclic) bond motifs is 1. The second-order valence-corrected chi connectivity index (χ2v) is 8.17. The van der Waals surface area contributed by atoms with Crippen LogP contribution in [0.25, 0.3) is 0 Å². The molecule has 1 atom stereocenters. The molecule has 2 N–H and O–H groups in total. The molecule has 3 nitrogen and oxygen atoms in total. The van der Waals surface area contributed by atoms with Crippen LogP contribution in [0.15, 0.2) is 6.07 Å². The highest BCUT2D eigenvalue weighted by atomic mass is 16.5. The molecule has 2 aliphatic rings. The molecule has 2 aliphatic carbocycles. The lowest BCUT2D eigenvalue weighted by Crippen LogP contribution is -2.31. The van der Waals surface area contributed by atoms with Crippen molar-refractivity contribution in [1.82, 2.24) is 4.57 Å². The fraction of sp³-hybridized carbons (Fsp3) is 0.778. The molecule has 0 amide bonds. The number of aryl methyl sites for hydroxylation is 1. The number of ether oxygens (including phenoxy) is 1. The Hall–Kier alpha value is -0.800. The van der Waals surface area contributed by atoms with Crippen molar-refractivity contribution >= 4 is 0 Å². The highest BCUT2D eigenvalue weighted by molar-refractivity contribution is 5.34. The SMILES string of the molecule is COCCC1(Cn2c(C)cc3c2CC(C)(C)CC3N)CC1. The lowest BCUT2D eigenvalue weighted by molar-refractivity contribution is 0.165. The Morgan fingerprint density at radius 2 is 2.10 bits per heavy atom. The first-order valence-electron chi connectivity index (χ1n) is 8.29. The number of nitrogens with zero attached hydrogens (tertiary/aromatic N) is 1. The van der Waals surface area contributed by atoms with Gasteiger partial charge in [-0.15, -0.1) is 0 Å². The van der Waals surface area contributed by atoms with Gasteiger partial charge in [0.15, 0.2) is 0 Å². The van der Waals surface area contributed by atoms with Crippen molar-refractivity contribution in [3.63, 3.8) is 0 Å². The maximum atomic E-state index is 6.43. The van der Waals surface area contributed by atoms with Gasteiger partial charge in [0.1, 0.15) is 0 Å². The van der Waals surface area contributed by atoms with Gasteiger partial charge in [-0.3, -0.25) is 0 Å². The van der Waals surface area contributed by atoms with Gasteiger partial charge in [-0.25, -0.2) is 0 Å². The quantitative estimate of drug-likeness (QED) is 0.900. The summed E-state index contributed by atoms with van der Waals surface area (Å²) in [5.41, 5.74) is 11.5. The van der Waals surface area contributed by atoms with Crippen molar-refractivity contribution in [3.05, 3.63) is 23.0 Å². The molecular formula is C18H30N2O. The van der Waals surface area contributed by atoms with E-state index in [1.54, 1.807) is 7.11 Å². The van der Waals surface area contributed by atoms with Crippen molar-refractivity contribution in [2.75, 3.05) is 13.7 Å². The zero-order chi connectivity index (χ0) is 15.3. The predicted molar refractivity (Wildman–Crippen MR) is 86.4 cm³/mol. The van der Waals surface area contributed by atoms with Crippen LogP contribution < -0.4 is 5.73 Å². The summed E-state index contributed by atoms with van der Waals surface area (Å²) in [6.45, 7) is 8.97. The molecule has 1 unspecified atom stereocenters. The minimum atomic E-state index is 0.206. The van der Waals surface area contributed by atoms with Gasteiger partial charge in [-0.2, -0.15) is 0 Å². The van der Waals surface area contributed by atoms with Crippen LogP contribution in [0.4, 0.5) is 0 Å². The first-order chi connectivity index (χ1) is 9.86. The van der Waals surface area contributed by atoms with Crippen molar-refractivity contribution in [2.45, 2.75) is 65.5 Å². The summed E-state index contributed by atoms with van der Waals surface area (Å²) in [6, 6.07) is 2.54. The largest absolute Gasteiger partial charge is 0.385 e. The van der Waals surface area contributed by atoms with Gasteiger partial charge < -0.3 is 15.0 Å². The zero-order valence-electron chi connectivity index (χ0n) is 14.0. The molecule has 118 valence electrons. The highest BCUT2D eigenvalue weighted by Gasteiger charge is 2.43. The Morgan fingerprint density at radius 3 is 2.71 bits per heavy atom. The third-order valence-corrected chi connectivity index (χ3v) is 5.55. The van der Waals surface area contributed by atoms with Crippen LogP contribution in [0, 0.1) is 17.8 Å². The van der Waals surface area contributed by atoms with Crippen molar-refractivity contribution in [1.29, 1.82) is 0 Å². The van der Waals surface area contributed by atoms with E-state index in [0.29, 0.717) is 10.8 Å². The Kier molecular flexibility index (Phi) is 3.69. The molecule has 0 aliphatic heterocycles. The van der Waals surface area contributed by atoms with E-state index in [9.17, 15) is 0 Å². The smallest absolute Gasteiger partial charge is 0.0468 e. The third kappa shape index (κ3) is 2.91. The van der Waals surface area contributed by atoms with Gasteiger partial charge in [0.2, 0.25) is 0 Å². The molecule has 0 saturated heterocycles. The summed E-state index contributed by atoms with van der Waals surface area (Å²) in [5, 5.41) is 0. The predicted octanol–water partition coefficient (Wildman–Crippen LogP) is 3.59. The highest BCUT2D eigenvalue weighted by Crippen LogP contribution is 2.51. The summed E-state index contributed by atoms with van der Waals surface area (Å²) in [4.78, 5) is 0. The van der Waals surface area contributed by atoms with Gasteiger partial charge in [0.25, 0.3) is 0 Å². The molecule has 3 rings (SSSR count). The van der Waals surface area contributed by atoms with Crippen LogP contribution in [0.3, 0.4) is 0 Å². The molecule has 21 heavy (non-hydrogen) atoms. The van der Waals surface area contributed by atoms with E-state index in [2.05, 4.69) is 31.4 Å². The number of aromatic nitrogens is 1. The molecule has 0 spiro atoms. The lowest BCUT2D eigenvalue weighted by atomic mass is 9.74. The molecule has 1 aromatic heterocycles. The molecular weight excluding hydrogens is 260 g/mol. The second-order valence-electron chi connectivity index (χ2n) is 8.17. The van der Waals surface area contributed by atoms with E-state index >= 15 is 0 Å². The van der Waals surface area contributed by atoms with Gasteiger partial charge in [0.05, 0.1) is 0 Å². The van der Waals surface area contributed by atoms with E-state index in [1.165, 1.54) is 36.2 Å². The minimum Gasteiger partial charge on any atom is -0.385 e. The lowest BCUT2D eigenvalue weighted by Gasteiger charge is -2.35. The van der Waals surface area contributed by atoms with Crippen LogP contribution in [-0.2, 0) is 17.7 Å². The molecule has 1 aromatic rings. The molecule has 0 aromatic carbocycles. The molecule has 3 heteroatoms. The Balaban J connectivity index is 1.87. The second kappa shape index (κ2) is 5.13. The fourth-order valence-electron chi connectivity index (χ4n) is 4.04. The Labute approximate surface area is 128 Å². The van der Waals surface area contributed by atoms with Crippen LogP contribution >= 0.6 is 0 Å². The molecule has 1 fully saturated rings. The molecule has 1 saturated carbocycles. The van der Waals surface area contributed by atoms with E-state index in [1.807, 2.05) is 0 Å². The zero-order valence-corrected chi connectivity index (χ0v) is 14.0. The van der Waals surface area contributed by atoms with E-state index in [-0.39, 0.29) is 6.04 Å². The summed E-state index contributed by atoms with van der Waals surface area (Å²) in [5.74, 6) is 0. The van der Waals surface area contributed by atoms with E-state index < -0.39 is 0 Å². The van der Waals surface area contributed by atoms with Crippen LogP contribution in [0.1, 0.15) is 62.5 Å². The standard InChI is InChI=1S/C18H30N2O/c1-13-9-14-15(19)10-17(2,3)11-16(14)20(13)12-18(5-6-18)7-8-21-4/h9,15H,5-8,10-12,19H2,1-4H3. The van der Waals surface area contributed by atoms with Crippen LogP contribution in [-0.4, -0.2) is 18.3 Å². The van der Waals surface area contributed by atoms with Gasteiger partial charge >= 0.3 is 0 Å². The minimum absolute atomic E-state index is 0.206. The number of hydrogen-bond acceptors (Lipinski definition) is 2. The average molecular weight is 290 g/mol. The number of rotatable bonds is 5. The monoisotopic (exact) mass is 290 g/mol. The Bertz CT molecular complexity index is 526. The van der Waals surface area contributed by atoms with Crippen LogP contribution in [0.5, 0.6) is 0 Å². The first-order valence-corrected chi connectivity index (χ1v) is 8.29. The van der Waals surface area contributed by atoms with Crippen LogP contribution in [0.2, 0.25) is 0 Å². The van der Waals surface area contributed by atoms with Gasteiger partial charge in [-0.1, -0.05) is 13.8 Å². The van der Waals surface area contributed by atoms with E-state index in [4.69, 9.17) is 10.5 Å². The maximum absolute atomic E-state index is 6.43. The molecule has 0 radical (unpaired) electrons. The van der Waals surface area contributed by atoms with Crippen molar-refractivity contribution < 1.29 is 4.74 Å². The number of hydrogen-bond donors (Lipinski definition) is 1. The number of nitrogens with two attached hydrogens (primary N) is 1.